The molecular weight excluding hydrogens is 214 g/mol. The molecule has 4 nitrogen and oxygen atoms in total. The van der Waals surface area contributed by atoms with Crippen LogP contribution in [0, 0.1) is 0 Å². The van der Waals surface area contributed by atoms with Gasteiger partial charge in [0.25, 0.3) is 0 Å². The summed E-state index contributed by atoms with van der Waals surface area (Å²) in [5, 5.41) is 7.68. The predicted octanol–water partition coefficient (Wildman–Crippen LogP) is 2.72. The van der Waals surface area contributed by atoms with Gasteiger partial charge in [0.05, 0.1) is 17.8 Å². The molecule has 1 aliphatic heterocycles. The van der Waals surface area contributed by atoms with Gasteiger partial charge in [0.2, 0.25) is 0 Å². The molecule has 2 aromatic rings. The molecular formula is C13H19N3O. The van der Waals surface area contributed by atoms with Crippen LogP contribution < -0.4 is 5.73 Å². The number of hydrogen-bond donors (Lipinski definition) is 2. The molecule has 17 heavy (non-hydrogen) atoms. The molecule has 4 heteroatoms. The normalized spacial score (nSPS) is 19.7. The number of benzene rings is 1. The summed E-state index contributed by atoms with van der Waals surface area (Å²) >= 11 is 0. The average molecular weight is 233 g/mol. The second-order valence-corrected chi connectivity index (χ2v) is 4.36. The van der Waals surface area contributed by atoms with Gasteiger partial charge in [0, 0.05) is 17.7 Å². The molecule has 0 amide bonds. The number of rotatable bonds is 0. The van der Waals surface area contributed by atoms with E-state index in [4.69, 9.17) is 10.5 Å². The number of hydrogen-bond acceptors (Lipinski definition) is 3. The maximum atomic E-state index is 5.64. The summed E-state index contributed by atoms with van der Waals surface area (Å²) in [5.41, 5.74) is 7.40. The van der Waals surface area contributed by atoms with E-state index in [1.54, 1.807) is 6.20 Å². The lowest BCUT2D eigenvalue weighted by molar-refractivity contribution is 0.0285. The van der Waals surface area contributed by atoms with Crippen molar-refractivity contribution in [3.63, 3.8) is 0 Å². The van der Waals surface area contributed by atoms with Crippen molar-refractivity contribution in [3.05, 3.63) is 24.4 Å². The number of nitrogens with zero attached hydrogens (tertiary/aromatic N) is 1. The van der Waals surface area contributed by atoms with Crippen molar-refractivity contribution in [2.45, 2.75) is 32.3 Å². The van der Waals surface area contributed by atoms with Crippen LogP contribution in [0.2, 0.25) is 0 Å². The zero-order chi connectivity index (χ0) is 12.1. The minimum atomic E-state index is 0.536. The van der Waals surface area contributed by atoms with Crippen molar-refractivity contribution < 1.29 is 4.74 Å². The molecule has 0 spiro atoms. The zero-order valence-electron chi connectivity index (χ0n) is 10.1. The second-order valence-electron chi connectivity index (χ2n) is 4.36. The van der Waals surface area contributed by atoms with Crippen LogP contribution in [-0.4, -0.2) is 22.9 Å². The molecule has 92 valence electrons. The summed E-state index contributed by atoms with van der Waals surface area (Å²) in [6.45, 7) is 3.13. The number of nitrogens with two attached hydrogens (primary N) is 1. The molecule has 1 aromatic heterocycles. The molecule has 3 N–H and O–H groups in total. The van der Waals surface area contributed by atoms with Gasteiger partial charge in [-0.25, -0.2) is 0 Å². The third-order valence-electron chi connectivity index (χ3n) is 2.93. The summed E-state index contributed by atoms with van der Waals surface area (Å²) < 4.78 is 5.28. The summed E-state index contributed by atoms with van der Waals surface area (Å²) in [6.07, 6.45) is 6.16. The largest absolute Gasteiger partial charge is 0.398 e. The summed E-state index contributed by atoms with van der Waals surface area (Å²) in [4.78, 5) is 0. The Morgan fingerprint density at radius 2 is 2.29 bits per heavy atom. The van der Waals surface area contributed by atoms with Gasteiger partial charge in [0.1, 0.15) is 0 Å². The molecule has 1 atom stereocenters. The SMILES string of the molecule is CC1CCCCO1.Nc1cccc2[nH]ncc12. The number of nitrogens with one attached hydrogen (secondary N) is 1. The van der Waals surface area contributed by atoms with Crippen LogP contribution in [0.25, 0.3) is 10.9 Å². The van der Waals surface area contributed by atoms with E-state index in [1.165, 1.54) is 19.3 Å². The highest BCUT2D eigenvalue weighted by Crippen LogP contribution is 2.16. The van der Waals surface area contributed by atoms with E-state index in [0.717, 1.165) is 23.2 Å². The molecule has 1 aromatic carbocycles. The Bertz CT molecular complexity index is 460. The lowest BCUT2D eigenvalue weighted by Gasteiger charge is -2.17. The number of H-pyrrole nitrogens is 1. The van der Waals surface area contributed by atoms with Gasteiger partial charge in [-0.05, 0) is 38.3 Å². The third-order valence-corrected chi connectivity index (χ3v) is 2.93. The van der Waals surface area contributed by atoms with Crippen LogP contribution in [0.4, 0.5) is 5.69 Å². The van der Waals surface area contributed by atoms with Crippen LogP contribution in [0.5, 0.6) is 0 Å². The number of ether oxygens (including phenoxy) is 1. The van der Waals surface area contributed by atoms with Gasteiger partial charge in [-0.2, -0.15) is 5.10 Å². The highest BCUT2D eigenvalue weighted by Gasteiger charge is 2.05. The van der Waals surface area contributed by atoms with E-state index in [1.807, 2.05) is 18.2 Å². The Kier molecular flexibility index (Phi) is 3.98. The van der Waals surface area contributed by atoms with E-state index >= 15 is 0 Å². The minimum absolute atomic E-state index is 0.536. The number of fused-ring (bicyclic) bond motifs is 1. The van der Waals surface area contributed by atoms with E-state index in [0.29, 0.717) is 6.10 Å². The smallest absolute Gasteiger partial charge is 0.0671 e. The van der Waals surface area contributed by atoms with Crippen molar-refractivity contribution >= 4 is 16.6 Å². The zero-order valence-corrected chi connectivity index (χ0v) is 10.1. The Morgan fingerprint density at radius 3 is 2.88 bits per heavy atom. The predicted molar refractivity (Wildman–Crippen MR) is 69.8 cm³/mol. The van der Waals surface area contributed by atoms with Gasteiger partial charge >= 0.3 is 0 Å². The Balaban J connectivity index is 0.000000136. The minimum Gasteiger partial charge on any atom is -0.398 e. The molecule has 0 radical (unpaired) electrons. The molecule has 1 unspecified atom stereocenters. The Hall–Kier alpha value is -1.55. The standard InChI is InChI=1S/C7H7N3.C6H12O/c8-6-2-1-3-7-5(6)4-9-10-7;1-6-4-2-3-5-7-6/h1-4H,8H2,(H,9,10);6H,2-5H2,1H3. The van der Waals surface area contributed by atoms with Gasteiger partial charge in [-0.3, -0.25) is 5.10 Å². The van der Waals surface area contributed by atoms with Crippen LogP contribution in [0.15, 0.2) is 24.4 Å². The number of nitrogen functional groups attached to an aromatic ring is 1. The summed E-state index contributed by atoms with van der Waals surface area (Å²) in [5.74, 6) is 0. The molecule has 0 bridgehead atoms. The Morgan fingerprint density at radius 1 is 1.41 bits per heavy atom. The second kappa shape index (κ2) is 5.68. The molecule has 1 saturated heterocycles. The fraction of sp³-hybridized carbons (Fsp3) is 0.462. The first-order chi connectivity index (χ1) is 8.27. The first kappa shape index (κ1) is 11.9. The fourth-order valence-electron chi connectivity index (χ4n) is 1.89. The highest BCUT2D eigenvalue weighted by atomic mass is 16.5. The molecule has 1 aliphatic rings. The van der Waals surface area contributed by atoms with Crippen molar-refractivity contribution in [2.24, 2.45) is 0 Å². The fourth-order valence-corrected chi connectivity index (χ4v) is 1.89. The average Bonchev–Trinajstić information content (AvgIpc) is 2.80. The molecule has 0 aliphatic carbocycles. The van der Waals surface area contributed by atoms with Gasteiger partial charge < -0.3 is 10.5 Å². The molecule has 0 saturated carbocycles. The first-order valence-electron chi connectivity index (χ1n) is 6.06. The summed E-state index contributed by atoms with van der Waals surface area (Å²) in [6, 6.07) is 5.70. The quantitative estimate of drug-likeness (QED) is 0.688. The van der Waals surface area contributed by atoms with Crippen LogP contribution >= 0.6 is 0 Å². The number of aromatic amines is 1. The lowest BCUT2D eigenvalue weighted by atomic mass is 10.1. The van der Waals surface area contributed by atoms with Crippen molar-refractivity contribution in [2.75, 3.05) is 12.3 Å². The Labute approximate surface area is 101 Å². The van der Waals surface area contributed by atoms with Crippen molar-refractivity contribution in [3.8, 4) is 0 Å². The number of aromatic nitrogens is 2. The maximum absolute atomic E-state index is 5.64. The van der Waals surface area contributed by atoms with Crippen LogP contribution in [0.1, 0.15) is 26.2 Å². The van der Waals surface area contributed by atoms with Gasteiger partial charge in [-0.15, -0.1) is 0 Å². The van der Waals surface area contributed by atoms with E-state index in [-0.39, 0.29) is 0 Å². The monoisotopic (exact) mass is 233 g/mol. The number of anilines is 1. The lowest BCUT2D eigenvalue weighted by Crippen LogP contribution is -2.14. The van der Waals surface area contributed by atoms with Gasteiger partial charge in [0.15, 0.2) is 0 Å². The van der Waals surface area contributed by atoms with E-state index < -0.39 is 0 Å². The van der Waals surface area contributed by atoms with Crippen LogP contribution in [-0.2, 0) is 4.74 Å². The molecule has 3 rings (SSSR count). The van der Waals surface area contributed by atoms with Crippen molar-refractivity contribution in [1.82, 2.24) is 10.2 Å². The highest BCUT2D eigenvalue weighted by molar-refractivity contribution is 5.89. The molecule has 1 fully saturated rings. The van der Waals surface area contributed by atoms with Gasteiger partial charge in [-0.1, -0.05) is 6.07 Å². The third kappa shape index (κ3) is 3.20. The van der Waals surface area contributed by atoms with Crippen LogP contribution in [0.3, 0.4) is 0 Å². The van der Waals surface area contributed by atoms with Crippen molar-refractivity contribution in [1.29, 1.82) is 0 Å². The topological polar surface area (TPSA) is 63.9 Å². The summed E-state index contributed by atoms with van der Waals surface area (Å²) in [7, 11) is 0. The first-order valence-corrected chi connectivity index (χ1v) is 6.06. The maximum Gasteiger partial charge on any atom is 0.0671 e. The molecule has 2 heterocycles. The van der Waals surface area contributed by atoms with E-state index in [9.17, 15) is 0 Å². The van der Waals surface area contributed by atoms with E-state index in [2.05, 4.69) is 17.1 Å².